The van der Waals surface area contributed by atoms with E-state index >= 15 is 0 Å². The molecule has 0 saturated heterocycles. The quantitative estimate of drug-likeness (QED) is 0.0328. The fraction of sp³-hybridized carbons (Fsp3) is 0.833. The smallest absolute Gasteiger partial charge is 0.306 e. The predicted molar refractivity (Wildman–Crippen MR) is 232 cm³/mol. The van der Waals surface area contributed by atoms with Crippen molar-refractivity contribution in [3.05, 3.63) is 36.5 Å². The zero-order valence-electron chi connectivity index (χ0n) is 35.9. The summed E-state index contributed by atoms with van der Waals surface area (Å²) in [5.41, 5.74) is 0. The highest BCUT2D eigenvalue weighted by Gasteiger charge is 2.23. The largest absolute Gasteiger partial charge is 0.462 e. The van der Waals surface area contributed by atoms with E-state index < -0.39 is 18.2 Å². The Morgan fingerprint density at radius 2 is 0.963 bits per heavy atom. The molecule has 0 aromatic carbocycles. The van der Waals surface area contributed by atoms with Gasteiger partial charge in [-0.25, -0.2) is 0 Å². The normalized spacial score (nSPS) is 13.6. The van der Waals surface area contributed by atoms with Crippen molar-refractivity contribution in [1.29, 1.82) is 0 Å². The Morgan fingerprint density at radius 3 is 1.46 bits per heavy atom. The first-order valence-electron chi connectivity index (χ1n) is 23.2. The third-order valence-corrected chi connectivity index (χ3v) is 10.5. The van der Waals surface area contributed by atoms with E-state index in [0.717, 1.165) is 51.4 Å². The molecule has 0 aliphatic heterocycles. The average molecular weight is 760 g/mol. The van der Waals surface area contributed by atoms with Crippen LogP contribution in [0.4, 0.5) is 0 Å². The molecule has 0 heterocycles. The number of hydrogen-bond acceptors (Lipinski definition) is 5. The van der Waals surface area contributed by atoms with Crippen molar-refractivity contribution in [1.82, 2.24) is 5.32 Å². The van der Waals surface area contributed by atoms with Crippen LogP contribution in [0.2, 0.25) is 0 Å². The molecule has 0 fully saturated rings. The van der Waals surface area contributed by atoms with Crippen molar-refractivity contribution in [3.63, 3.8) is 0 Å². The van der Waals surface area contributed by atoms with Gasteiger partial charge in [0.15, 0.2) is 0 Å². The molecule has 6 nitrogen and oxygen atoms in total. The van der Waals surface area contributed by atoms with Crippen LogP contribution < -0.4 is 5.32 Å². The van der Waals surface area contributed by atoms with Gasteiger partial charge in [0.05, 0.1) is 25.2 Å². The summed E-state index contributed by atoms with van der Waals surface area (Å²) in [4.78, 5) is 25.9. The molecule has 0 aliphatic rings. The molecular weight excluding hydrogens is 671 g/mol. The molecule has 6 heteroatoms. The van der Waals surface area contributed by atoms with Crippen LogP contribution in [0.1, 0.15) is 233 Å². The molecule has 0 rings (SSSR count). The molecule has 0 aliphatic carbocycles. The van der Waals surface area contributed by atoms with Gasteiger partial charge in [-0.1, -0.05) is 192 Å². The van der Waals surface area contributed by atoms with Crippen LogP contribution in [0.3, 0.4) is 0 Å². The maximum atomic E-state index is 13.1. The highest BCUT2D eigenvalue weighted by Crippen LogP contribution is 2.16. The van der Waals surface area contributed by atoms with E-state index in [2.05, 4.69) is 56.5 Å². The molecular formula is C48H89NO5. The molecule has 3 N–H and O–H groups in total. The summed E-state index contributed by atoms with van der Waals surface area (Å²) in [7, 11) is 0. The molecule has 0 radical (unpaired) electrons. The minimum atomic E-state index is -0.798. The zero-order chi connectivity index (χ0) is 39.6. The number of aliphatic hydroxyl groups is 2. The van der Waals surface area contributed by atoms with Crippen LogP contribution in [0, 0.1) is 0 Å². The number of esters is 1. The first kappa shape index (κ1) is 52.1. The SMILES string of the molecule is CCCCCCCC/C=C\C/C=C/CCC(=O)OC(CCC/C=C\CCCCCCCCC)CC(=O)NC(CO)C(O)CCCCCCCCCCCC. The van der Waals surface area contributed by atoms with Crippen molar-refractivity contribution < 1.29 is 24.5 Å². The van der Waals surface area contributed by atoms with E-state index in [1.165, 1.54) is 128 Å². The Morgan fingerprint density at radius 1 is 0.537 bits per heavy atom. The van der Waals surface area contributed by atoms with Gasteiger partial charge in [-0.15, -0.1) is 0 Å². The van der Waals surface area contributed by atoms with Gasteiger partial charge in [-0.05, 0) is 64.2 Å². The van der Waals surface area contributed by atoms with Gasteiger partial charge < -0.3 is 20.3 Å². The number of unbranched alkanes of at least 4 members (excludes halogenated alkanes) is 23. The molecule has 3 unspecified atom stereocenters. The fourth-order valence-corrected chi connectivity index (χ4v) is 6.89. The standard InChI is InChI=1S/C48H89NO5/c1-4-7-10-13-16-19-22-24-26-29-32-35-38-41-48(53)54-44(39-36-33-30-27-25-23-20-17-14-11-8-5-2)42-47(52)49-45(43-50)46(51)40-37-34-31-28-21-18-15-12-9-6-3/h24,26-27,30,32,35,44-46,50-51H,4-23,25,28-29,31,33-34,36-43H2,1-3H3,(H,49,52)/b26-24-,30-27-,35-32+. The third kappa shape index (κ3) is 37.0. The van der Waals surface area contributed by atoms with Gasteiger partial charge >= 0.3 is 5.97 Å². The zero-order valence-corrected chi connectivity index (χ0v) is 35.9. The Hall–Kier alpha value is -1.92. The summed E-state index contributed by atoms with van der Waals surface area (Å²) in [6.07, 6.45) is 47.9. The number of ether oxygens (including phenoxy) is 1. The summed E-state index contributed by atoms with van der Waals surface area (Å²) in [6, 6.07) is -0.716. The predicted octanol–water partition coefficient (Wildman–Crippen LogP) is 13.3. The number of aliphatic hydroxyl groups excluding tert-OH is 2. The van der Waals surface area contributed by atoms with E-state index in [-0.39, 0.29) is 31.3 Å². The monoisotopic (exact) mass is 760 g/mol. The van der Waals surface area contributed by atoms with Crippen LogP contribution in [-0.4, -0.2) is 46.9 Å². The molecule has 0 spiro atoms. The number of carbonyl (C=O) groups excluding carboxylic acids is 2. The van der Waals surface area contributed by atoms with Gasteiger partial charge in [-0.2, -0.15) is 0 Å². The minimum Gasteiger partial charge on any atom is -0.462 e. The van der Waals surface area contributed by atoms with Crippen LogP contribution in [0.15, 0.2) is 36.5 Å². The van der Waals surface area contributed by atoms with Gasteiger partial charge in [0.2, 0.25) is 5.91 Å². The molecule has 0 saturated carbocycles. The van der Waals surface area contributed by atoms with Crippen LogP contribution in [0.25, 0.3) is 0 Å². The maximum Gasteiger partial charge on any atom is 0.306 e. The number of allylic oxidation sites excluding steroid dienone is 6. The van der Waals surface area contributed by atoms with Gasteiger partial charge in [-0.3, -0.25) is 9.59 Å². The lowest BCUT2D eigenvalue weighted by molar-refractivity contribution is -0.150. The fourth-order valence-electron chi connectivity index (χ4n) is 6.89. The van der Waals surface area contributed by atoms with E-state index in [9.17, 15) is 19.8 Å². The summed E-state index contributed by atoms with van der Waals surface area (Å²) >= 11 is 0. The second-order valence-electron chi connectivity index (χ2n) is 15.8. The number of amides is 1. The van der Waals surface area contributed by atoms with Crippen molar-refractivity contribution in [3.8, 4) is 0 Å². The highest BCUT2D eigenvalue weighted by molar-refractivity contribution is 5.77. The van der Waals surface area contributed by atoms with E-state index in [1.54, 1.807) is 0 Å². The lowest BCUT2D eigenvalue weighted by Crippen LogP contribution is -2.46. The Kier molecular flexibility index (Phi) is 40.7. The molecule has 0 aromatic heterocycles. The lowest BCUT2D eigenvalue weighted by atomic mass is 10.0. The third-order valence-electron chi connectivity index (χ3n) is 10.5. The molecule has 0 aromatic rings. The summed E-state index contributed by atoms with van der Waals surface area (Å²) in [5, 5.41) is 23.6. The molecule has 316 valence electrons. The second kappa shape index (κ2) is 42.2. The van der Waals surface area contributed by atoms with Crippen LogP contribution in [-0.2, 0) is 14.3 Å². The number of hydrogen-bond donors (Lipinski definition) is 3. The number of carbonyl (C=O) groups is 2. The first-order chi connectivity index (χ1) is 26.5. The Labute approximate surface area is 334 Å². The number of nitrogens with one attached hydrogen (secondary N) is 1. The first-order valence-corrected chi connectivity index (χ1v) is 23.2. The Balaban J connectivity index is 4.70. The maximum absolute atomic E-state index is 13.1. The van der Waals surface area contributed by atoms with Gasteiger partial charge in [0, 0.05) is 6.42 Å². The topological polar surface area (TPSA) is 95.9 Å². The van der Waals surface area contributed by atoms with Crippen molar-refractivity contribution in [2.75, 3.05) is 6.61 Å². The van der Waals surface area contributed by atoms with E-state index in [4.69, 9.17) is 4.74 Å². The van der Waals surface area contributed by atoms with Crippen LogP contribution >= 0.6 is 0 Å². The van der Waals surface area contributed by atoms with Crippen molar-refractivity contribution in [2.24, 2.45) is 0 Å². The van der Waals surface area contributed by atoms with Gasteiger partial charge in [0.25, 0.3) is 0 Å². The van der Waals surface area contributed by atoms with Gasteiger partial charge in [0.1, 0.15) is 6.10 Å². The average Bonchev–Trinajstić information content (AvgIpc) is 3.16. The van der Waals surface area contributed by atoms with Crippen molar-refractivity contribution in [2.45, 2.75) is 251 Å². The molecule has 54 heavy (non-hydrogen) atoms. The van der Waals surface area contributed by atoms with Crippen LogP contribution in [0.5, 0.6) is 0 Å². The summed E-state index contributed by atoms with van der Waals surface area (Å²) < 4.78 is 5.85. The highest BCUT2D eigenvalue weighted by atomic mass is 16.5. The summed E-state index contributed by atoms with van der Waals surface area (Å²) in [6.45, 7) is 6.42. The second-order valence-corrected chi connectivity index (χ2v) is 15.8. The Bertz CT molecular complexity index is 900. The number of rotatable bonds is 41. The van der Waals surface area contributed by atoms with E-state index in [0.29, 0.717) is 19.3 Å². The molecule has 0 bridgehead atoms. The lowest BCUT2D eigenvalue weighted by Gasteiger charge is -2.24. The van der Waals surface area contributed by atoms with Crippen molar-refractivity contribution >= 4 is 11.9 Å². The van der Waals surface area contributed by atoms with E-state index in [1.807, 2.05) is 6.08 Å². The molecule has 1 amide bonds. The minimum absolute atomic E-state index is 0.0359. The molecule has 3 atom stereocenters. The summed E-state index contributed by atoms with van der Waals surface area (Å²) in [5.74, 6) is -0.582.